The van der Waals surface area contributed by atoms with Crippen LogP contribution in [0.2, 0.25) is 5.02 Å². The monoisotopic (exact) mass is 434 g/mol. The van der Waals surface area contributed by atoms with E-state index in [1.807, 2.05) is 12.1 Å². The first kappa shape index (κ1) is 21.1. The molecule has 3 N–H and O–H groups in total. The number of halogens is 1. The highest BCUT2D eigenvalue weighted by atomic mass is 35.5. The highest BCUT2D eigenvalue weighted by Gasteiger charge is 2.19. The first-order valence-corrected chi connectivity index (χ1v) is 10.5. The smallest absolute Gasteiger partial charge is 0.246 e. The highest BCUT2D eigenvalue weighted by Crippen LogP contribution is 2.38. The van der Waals surface area contributed by atoms with Crippen molar-refractivity contribution in [2.24, 2.45) is 5.14 Å². The summed E-state index contributed by atoms with van der Waals surface area (Å²) in [4.78, 5) is 11.8. The molecule has 3 rings (SSSR count). The number of amides is 1. The van der Waals surface area contributed by atoms with Crippen LogP contribution in [0.15, 0.2) is 64.1 Å². The van der Waals surface area contributed by atoms with Gasteiger partial charge in [0.1, 0.15) is 5.76 Å². The van der Waals surface area contributed by atoms with E-state index < -0.39 is 15.9 Å². The number of carbonyl (C=O) groups excluding carboxylic acids is 1. The molecule has 0 radical (unpaired) electrons. The molecule has 0 aliphatic rings. The van der Waals surface area contributed by atoms with E-state index in [2.05, 4.69) is 0 Å². The largest absolute Gasteiger partial charge is 0.468 e. The van der Waals surface area contributed by atoms with Crippen LogP contribution in [0.4, 0.5) is 0 Å². The van der Waals surface area contributed by atoms with Crippen molar-refractivity contribution < 1.29 is 22.8 Å². The average Bonchev–Trinajstić information content (AvgIpc) is 3.10. The Morgan fingerprint density at radius 3 is 2.24 bits per heavy atom. The van der Waals surface area contributed by atoms with Gasteiger partial charge in [0.15, 0.2) is 0 Å². The minimum Gasteiger partial charge on any atom is -0.468 e. The summed E-state index contributed by atoms with van der Waals surface area (Å²) in [6.07, 6.45) is 1.89. The molecule has 0 aliphatic heterocycles. The van der Waals surface area contributed by atoms with Gasteiger partial charge in [-0.25, -0.2) is 18.6 Å². The molecule has 0 atom stereocenters. The molecular weight excluding hydrogens is 416 g/mol. The van der Waals surface area contributed by atoms with Gasteiger partial charge in [0, 0.05) is 36.0 Å². The summed E-state index contributed by atoms with van der Waals surface area (Å²) in [6.45, 7) is 0. The Bertz CT molecular complexity index is 1120. The van der Waals surface area contributed by atoms with Gasteiger partial charge in [-0.05, 0) is 35.4 Å². The van der Waals surface area contributed by atoms with Crippen LogP contribution < -0.4 is 5.14 Å². The number of furan rings is 1. The van der Waals surface area contributed by atoms with Gasteiger partial charge in [0.05, 0.1) is 11.2 Å². The molecule has 1 heterocycles. The average molecular weight is 435 g/mol. The molecule has 0 spiro atoms. The maximum absolute atomic E-state index is 11.8. The molecule has 1 aromatic heterocycles. The van der Waals surface area contributed by atoms with Crippen molar-refractivity contribution in [1.29, 1.82) is 0 Å². The van der Waals surface area contributed by atoms with Crippen molar-refractivity contribution in [3.8, 4) is 22.3 Å². The molecule has 152 valence electrons. The Morgan fingerprint density at radius 2 is 1.69 bits per heavy atom. The van der Waals surface area contributed by atoms with Crippen LogP contribution in [0.25, 0.3) is 22.3 Å². The minimum absolute atomic E-state index is 0.00888. The molecule has 0 saturated heterocycles. The fourth-order valence-electron chi connectivity index (χ4n) is 2.93. The third-order valence-corrected chi connectivity index (χ3v) is 5.60. The molecule has 0 saturated carbocycles. The molecule has 2 aromatic carbocycles. The number of aryl methyl sites for hydroxylation is 1. The molecule has 7 nitrogen and oxygen atoms in total. The number of hydrogen-bond donors (Lipinski definition) is 2. The summed E-state index contributed by atoms with van der Waals surface area (Å²) < 4.78 is 28.7. The Kier molecular flexibility index (Phi) is 6.09. The Labute approximate surface area is 173 Å². The Hall–Kier alpha value is -2.65. The standard InChI is InChI=1S/C20H19ClN2O5S/c1-23(25)19(24)11-10-18-20(14-2-6-15(21)7-3-14)17(12-28-18)13-4-8-16(9-5-13)29(22,26)27/h2-9,12,25H,10-11H2,1H3,(H2,22,26,27). The van der Waals surface area contributed by atoms with Gasteiger partial charge in [-0.3, -0.25) is 10.0 Å². The number of rotatable bonds is 6. The number of hydroxylamine groups is 2. The SMILES string of the molecule is CN(O)C(=O)CCc1occ(-c2ccc(S(N)(=O)=O)cc2)c1-c1ccc(Cl)cc1. The number of nitrogens with zero attached hydrogens (tertiary/aromatic N) is 1. The van der Waals surface area contributed by atoms with Crippen LogP contribution in [0.5, 0.6) is 0 Å². The van der Waals surface area contributed by atoms with Gasteiger partial charge < -0.3 is 4.42 Å². The van der Waals surface area contributed by atoms with E-state index in [1.54, 1.807) is 30.5 Å². The zero-order chi connectivity index (χ0) is 21.2. The highest BCUT2D eigenvalue weighted by molar-refractivity contribution is 7.89. The van der Waals surface area contributed by atoms with Crippen molar-refractivity contribution in [3.63, 3.8) is 0 Å². The maximum Gasteiger partial charge on any atom is 0.246 e. The number of primary sulfonamides is 1. The zero-order valence-electron chi connectivity index (χ0n) is 15.5. The van der Waals surface area contributed by atoms with Gasteiger partial charge in [0.25, 0.3) is 0 Å². The predicted octanol–water partition coefficient (Wildman–Crippen LogP) is 3.69. The van der Waals surface area contributed by atoms with E-state index in [0.717, 1.165) is 22.3 Å². The normalized spacial score (nSPS) is 11.4. The van der Waals surface area contributed by atoms with Crippen molar-refractivity contribution in [3.05, 3.63) is 65.6 Å². The molecule has 9 heteroatoms. The van der Waals surface area contributed by atoms with E-state index >= 15 is 0 Å². The number of nitrogens with two attached hydrogens (primary N) is 1. The van der Waals surface area contributed by atoms with E-state index in [0.29, 0.717) is 15.8 Å². The van der Waals surface area contributed by atoms with Gasteiger partial charge in [-0.1, -0.05) is 35.9 Å². The number of benzene rings is 2. The van der Waals surface area contributed by atoms with Crippen molar-refractivity contribution in [2.45, 2.75) is 17.7 Å². The van der Waals surface area contributed by atoms with Crippen LogP contribution in [0, 0.1) is 0 Å². The third-order valence-electron chi connectivity index (χ3n) is 4.42. The number of hydrogen-bond acceptors (Lipinski definition) is 5. The summed E-state index contributed by atoms with van der Waals surface area (Å²) in [5, 5.41) is 15.5. The Morgan fingerprint density at radius 1 is 1.10 bits per heavy atom. The predicted molar refractivity (Wildman–Crippen MR) is 109 cm³/mol. The van der Waals surface area contributed by atoms with Crippen molar-refractivity contribution in [1.82, 2.24) is 5.06 Å². The lowest BCUT2D eigenvalue weighted by molar-refractivity contribution is -0.159. The minimum atomic E-state index is -3.79. The summed E-state index contributed by atoms with van der Waals surface area (Å²) in [5.41, 5.74) is 3.04. The van der Waals surface area contributed by atoms with Gasteiger partial charge >= 0.3 is 0 Å². The van der Waals surface area contributed by atoms with Gasteiger partial charge in [-0.15, -0.1) is 0 Å². The quantitative estimate of drug-likeness (QED) is 0.453. The summed E-state index contributed by atoms with van der Waals surface area (Å²) >= 11 is 6.00. The van der Waals surface area contributed by atoms with Crippen LogP contribution in [-0.4, -0.2) is 31.6 Å². The lowest BCUT2D eigenvalue weighted by Crippen LogP contribution is -2.22. The van der Waals surface area contributed by atoms with Gasteiger partial charge in [-0.2, -0.15) is 0 Å². The summed E-state index contributed by atoms with van der Waals surface area (Å²) in [7, 11) is -2.53. The van der Waals surface area contributed by atoms with E-state index in [-0.39, 0.29) is 17.7 Å². The molecule has 0 bridgehead atoms. The summed E-state index contributed by atoms with van der Waals surface area (Å²) in [6, 6.07) is 13.3. The third kappa shape index (κ3) is 4.86. The Balaban J connectivity index is 2.05. The lowest BCUT2D eigenvalue weighted by Gasteiger charge is -2.10. The molecule has 3 aromatic rings. The molecule has 29 heavy (non-hydrogen) atoms. The molecular formula is C20H19ClN2O5S. The molecule has 0 fully saturated rings. The fraction of sp³-hybridized carbons (Fsp3) is 0.150. The number of carbonyl (C=O) groups is 1. The lowest BCUT2D eigenvalue weighted by atomic mass is 9.95. The van der Waals surface area contributed by atoms with Crippen LogP contribution in [0.1, 0.15) is 12.2 Å². The molecule has 1 amide bonds. The fourth-order valence-corrected chi connectivity index (χ4v) is 3.58. The van der Waals surface area contributed by atoms with E-state index in [9.17, 15) is 18.4 Å². The van der Waals surface area contributed by atoms with Crippen molar-refractivity contribution in [2.75, 3.05) is 7.05 Å². The molecule has 0 aliphatic carbocycles. The van der Waals surface area contributed by atoms with Crippen LogP contribution >= 0.6 is 11.6 Å². The maximum atomic E-state index is 11.8. The first-order valence-electron chi connectivity index (χ1n) is 8.62. The first-order chi connectivity index (χ1) is 13.7. The van der Waals surface area contributed by atoms with E-state index in [4.69, 9.17) is 21.2 Å². The summed E-state index contributed by atoms with van der Waals surface area (Å²) in [5.74, 6) is 0.121. The van der Waals surface area contributed by atoms with Crippen molar-refractivity contribution >= 4 is 27.5 Å². The van der Waals surface area contributed by atoms with Crippen LogP contribution in [0.3, 0.4) is 0 Å². The van der Waals surface area contributed by atoms with Crippen LogP contribution in [-0.2, 0) is 21.2 Å². The second kappa shape index (κ2) is 8.38. The van der Waals surface area contributed by atoms with E-state index in [1.165, 1.54) is 19.2 Å². The topological polar surface area (TPSA) is 114 Å². The second-order valence-corrected chi connectivity index (χ2v) is 8.44. The number of sulfonamides is 1. The molecule has 0 unspecified atom stereocenters. The zero-order valence-corrected chi connectivity index (χ0v) is 17.1. The van der Waals surface area contributed by atoms with Gasteiger partial charge in [0.2, 0.25) is 15.9 Å². The second-order valence-electron chi connectivity index (χ2n) is 6.44.